The highest BCUT2D eigenvalue weighted by molar-refractivity contribution is 5.82. The molecule has 2 N–H and O–H groups in total. The molecule has 0 radical (unpaired) electrons. The third-order valence-corrected chi connectivity index (χ3v) is 5.18. The van der Waals surface area contributed by atoms with Crippen molar-refractivity contribution in [3.8, 4) is 0 Å². The lowest BCUT2D eigenvalue weighted by Gasteiger charge is -2.33. The minimum atomic E-state index is -0.217. The van der Waals surface area contributed by atoms with Gasteiger partial charge < -0.3 is 15.4 Å². The van der Waals surface area contributed by atoms with Crippen LogP contribution in [0.2, 0.25) is 0 Å². The lowest BCUT2D eigenvalue weighted by Crippen LogP contribution is -2.43. The molecule has 126 valence electrons. The fraction of sp³-hybridized carbons (Fsp3) is 0.474. The Morgan fingerprint density at radius 3 is 2.75 bits per heavy atom. The Balaban J connectivity index is 1.47. The van der Waals surface area contributed by atoms with Gasteiger partial charge in [-0.15, -0.1) is 0 Å². The molecule has 1 amide bonds. The molecule has 2 aliphatic heterocycles. The van der Waals surface area contributed by atoms with Crippen molar-refractivity contribution < 1.29 is 9.53 Å². The Hall–Kier alpha value is -2.14. The average molecular weight is 325 g/mol. The number of ether oxygens (including phenoxy) is 1. The molecule has 0 unspecified atom stereocenters. The number of nitrogens with zero attached hydrogens (tertiary/aromatic N) is 2. The number of anilines is 1. The average Bonchev–Trinajstić information content (AvgIpc) is 3.15. The number of pyridine rings is 1. The Morgan fingerprint density at radius 1 is 1.21 bits per heavy atom. The van der Waals surface area contributed by atoms with Crippen molar-refractivity contribution >= 4 is 22.5 Å². The highest BCUT2D eigenvalue weighted by Gasteiger charge is 2.32. The van der Waals surface area contributed by atoms with Crippen LogP contribution in [0, 0.1) is 0 Å². The summed E-state index contributed by atoms with van der Waals surface area (Å²) in [5, 5.41) is 1.07. The van der Waals surface area contributed by atoms with Crippen molar-refractivity contribution in [3.05, 3.63) is 36.0 Å². The van der Waals surface area contributed by atoms with Gasteiger partial charge in [0.2, 0.25) is 0 Å². The minimum absolute atomic E-state index is 0.158. The van der Waals surface area contributed by atoms with Crippen molar-refractivity contribution in [1.82, 2.24) is 9.88 Å². The first-order valence-corrected chi connectivity index (χ1v) is 8.78. The van der Waals surface area contributed by atoms with E-state index in [1.807, 2.05) is 35.2 Å². The molecular formula is C19H23N3O2. The maximum absolute atomic E-state index is 12.4. The van der Waals surface area contributed by atoms with Gasteiger partial charge in [0.1, 0.15) is 6.10 Å². The van der Waals surface area contributed by atoms with Gasteiger partial charge in [0.15, 0.2) is 0 Å². The number of nitrogens with two attached hydrogens (primary N) is 1. The summed E-state index contributed by atoms with van der Waals surface area (Å²) in [7, 11) is 0. The van der Waals surface area contributed by atoms with Gasteiger partial charge in [-0.3, -0.25) is 9.78 Å². The topological polar surface area (TPSA) is 68.5 Å². The van der Waals surface area contributed by atoms with Crippen LogP contribution in [0.3, 0.4) is 0 Å². The summed E-state index contributed by atoms with van der Waals surface area (Å²) in [6.45, 7) is 2.24. The van der Waals surface area contributed by atoms with Crippen LogP contribution in [0.1, 0.15) is 37.3 Å². The smallest absolute Gasteiger partial charge is 0.251 e. The number of piperidine rings is 1. The summed E-state index contributed by atoms with van der Waals surface area (Å²) in [6, 6.07) is 10.1. The van der Waals surface area contributed by atoms with Gasteiger partial charge in [-0.25, -0.2) is 0 Å². The molecular weight excluding hydrogens is 302 g/mol. The summed E-state index contributed by atoms with van der Waals surface area (Å²) in [6.07, 6.45) is 3.45. The van der Waals surface area contributed by atoms with Crippen LogP contribution in [0.4, 0.5) is 5.69 Å². The molecule has 5 nitrogen and oxygen atoms in total. The molecule has 24 heavy (non-hydrogen) atoms. The lowest BCUT2D eigenvalue weighted by molar-refractivity contribution is -0.142. The Morgan fingerprint density at radius 2 is 2.00 bits per heavy atom. The van der Waals surface area contributed by atoms with Crippen LogP contribution >= 0.6 is 0 Å². The molecule has 1 atom stereocenters. The third-order valence-electron chi connectivity index (χ3n) is 5.18. The molecule has 1 aromatic heterocycles. The maximum atomic E-state index is 12.4. The molecule has 2 aromatic rings. The van der Waals surface area contributed by atoms with Crippen molar-refractivity contribution in [3.63, 3.8) is 0 Å². The minimum Gasteiger partial charge on any atom is -0.397 e. The quantitative estimate of drug-likeness (QED) is 0.922. The number of aromatic nitrogens is 1. The van der Waals surface area contributed by atoms with Crippen molar-refractivity contribution in [2.24, 2.45) is 0 Å². The summed E-state index contributed by atoms with van der Waals surface area (Å²) in [5.41, 5.74) is 8.98. The monoisotopic (exact) mass is 325 g/mol. The second-order valence-corrected chi connectivity index (χ2v) is 6.76. The van der Waals surface area contributed by atoms with E-state index in [0.717, 1.165) is 61.1 Å². The number of likely N-dealkylation sites (tertiary alicyclic amines) is 1. The molecule has 0 saturated carbocycles. The van der Waals surface area contributed by atoms with Crippen LogP contribution in [0.5, 0.6) is 0 Å². The zero-order chi connectivity index (χ0) is 16.5. The van der Waals surface area contributed by atoms with E-state index < -0.39 is 0 Å². The number of carbonyl (C=O) groups is 1. The van der Waals surface area contributed by atoms with E-state index in [-0.39, 0.29) is 12.0 Å². The predicted molar refractivity (Wildman–Crippen MR) is 93.7 cm³/mol. The fourth-order valence-electron chi connectivity index (χ4n) is 3.82. The number of rotatable bonds is 2. The number of amides is 1. The van der Waals surface area contributed by atoms with E-state index >= 15 is 0 Å². The third kappa shape index (κ3) is 2.84. The number of para-hydroxylation sites is 1. The van der Waals surface area contributed by atoms with Crippen molar-refractivity contribution in [1.29, 1.82) is 0 Å². The second kappa shape index (κ2) is 6.40. The molecule has 5 heteroatoms. The van der Waals surface area contributed by atoms with Gasteiger partial charge in [0.05, 0.1) is 16.9 Å². The van der Waals surface area contributed by atoms with Gasteiger partial charge in [-0.05, 0) is 37.8 Å². The lowest BCUT2D eigenvalue weighted by atomic mass is 9.91. The molecule has 2 fully saturated rings. The van der Waals surface area contributed by atoms with Gasteiger partial charge in [-0.2, -0.15) is 0 Å². The van der Waals surface area contributed by atoms with Gasteiger partial charge >= 0.3 is 0 Å². The van der Waals surface area contributed by atoms with E-state index in [0.29, 0.717) is 12.5 Å². The normalized spacial score (nSPS) is 22.2. The van der Waals surface area contributed by atoms with Crippen LogP contribution in [-0.4, -0.2) is 41.6 Å². The molecule has 3 heterocycles. The number of hydrogen-bond donors (Lipinski definition) is 1. The predicted octanol–water partition coefficient (Wildman–Crippen LogP) is 2.70. The van der Waals surface area contributed by atoms with Crippen LogP contribution in [0.15, 0.2) is 30.3 Å². The number of nitrogen functional groups attached to an aromatic ring is 1. The molecule has 2 saturated heterocycles. The van der Waals surface area contributed by atoms with Crippen LogP contribution in [-0.2, 0) is 9.53 Å². The summed E-state index contributed by atoms with van der Waals surface area (Å²) >= 11 is 0. The number of carbonyl (C=O) groups excluding carboxylic acids is 1. The molecule has 0 spiro atoms. The SMILES string of the molecule is Nc1cc2ccccc2nc1C1CCN(C(=O)[C@@H]2CCCO2)CC1. The Labute approximate surface area is 141 Å². The molecule has 1 aromatic carbocycles. The summed E-state index contributed by atoms with van der Waals surface area (Å²) < 4.78 is 5.52. The number of benzene rings is 1. The summed E-state index contributed by atoms with van der Waals surface area (Å²) in [4.78, 5) is 19.2. The highest BCUT2D eigenvalue weighted by Crippen LogP contribution is 2.32. The van der Waals surface area contributed by atoms with E-state index in [1.54, 1.807) is 0 Å². The van der Waals surface area contributed by atoms with E-state index in [2.05, 4.69) is 0 Å². The first-order chi connectivity index (χ1) is 11.7. The van der Waals surface area contributed by atoms with E-state index in [4.69, 9.17) is 15.5 Å². The largest absolute Gasteiger partial charge is 0.397 e. The van der Waals surface area contributed by atoms with Crippen LogP contribution in [0.25, 0.3) is 10.9 Å². The molecule has 2 aliphatic rings. The molecule has 4 rings (SSSR count). The number of hydrogen-bond acceptors (Lipinski definition) is 4. The second-order valence-electron chi connectivity index (χ2n) is 6.76. The first-order valence-electron chi connectivity index (χ1n) is 8.78. The Bertz CT molecular complexity index is 747. The first kappa shape index (κ1) is 15.4. The van der Waals surface area contributed by atoms with Gasteiger partial charge in [0.25, 0.3) is 5.91 Å². The summed E-state index contributed by atoms with van der Waals surface area (Å²) in [5.74, 6) is 0.480. The molecule has 0 bridgehead atoms. The number of fused-ring (bicyclic) bond motifs is 1. The maximum Gasteiger partial charge on any atom is 0.251 e. The standard InChI is InChI=1S/C19H23N3O2/c20-15-12-14-4-1-2-5-16(14)21-18(15)13-7-9-22(10-8-13)19(23)17-6-3-11-24-17/h1-2,4-5,12-13,17H,3,6-11,20H2/t17-/m0/s1. The zero-order valence-corrected chi connectivity index (χ0v) is 13.8. The zero-order valence-electron chi connectivity index (χ0n) is 13.8. The van der Waals surface area contributed by atoms with Crippen molar-refractivity contribution in [2.75, 3.05) is 25.4 Å². The van der Waals surface area contributed by atoms with Gasteiger partial charge in [-0.1, -0.05) is 18.2 Å². The van der Waals surface area contributed by atoms with E-state index in [1.165, 1.54) is 0 Å². The van der Waals surface area contributed by atoms with Gasteiger partial charge in [0, 0.05) is 31.0 Å². The fourth-order valence-corrected chi connectivity index (χ4v) is 3.82. The Kier molecular flexibility index (Phi) is 4.10. The van der Waals surface area contributed by atoms with E-state index in [9.17, 15) is 4.79 Å². The molecule has 0 aliphatic carbocycles. The van der Waals surface area contributed by atoms with Crippen molar-refractivity contribution in [2.45, 2.75) is 37.7 Å². The highest BCUT2D eigenvalue weighted by atomic mass is 16.5. The van der Waals surface area contributed by atoms with Crippen LogP contribution < -0.4 is 5.73 Å².